The average molecular weight is 323 g/mol. The minimum absolute atomic E-state index is 0.0378. The van der Waals surface area contributed by atoms with Crippen LogP contribution in [0, 0.1) is 5.41 Å². The summed E-state index contributed by atoms with van der Waals surface area (Å²) in [6.45, 7) is 0. The molecule has 98 valence electrons. The molecule has 0 aromatic heterocycles. The number of hydrogen-bond donors (Lipinski definition) is 0. The van der Waals surface area contributed by atoms with Gasteiger partial charge in [-0.1, -0.05) is 15.9 Å². The predicted octanol–water partition coefficient (Wildman–Crippen LogP) is 2.33. The lowest BCUT2D eigenvalue weighted by atomic mass is 9.66. The smallest absolute Gasteiger partial charge is 0.183 e. The van der Waals surface area contributed by atoms with E-state index in [1.807, 2.05) is 0 Å². The zero-order valence-electron chi connectivity index (χ0n) is 10.0. The summed E-state index contributed by atoms with van der Waals surface area (Å²) in [7, 11) is 0. The number of aldehydes is 1. The molecule has 4 nitrogen and oxygen atoms in total. The number of halogens is 1. The Morgan fingerprint density at radius 1 is 1.37 bits per heavy atom. The molecule has 0 spiro atoms. The van der Waals surface area contributed by atoms with Gasteiger partial charge in [-0.25, -0.2) is 0 Å². The van der Waals surface area contributed by atoms with Crippen LogP contribution in [-0.2, 0) is 9.59 Å². The quantitative estimate of drug-likeness (QED) is 0.588. The minimum Gasteiger partial charge on any atom is -0.488 e. The summed E-state index contributed by atoms with van der Waals surface area (Å²) in [6.07, 6.45) is 0.627. The number of benzene rings is 1. The number of hydrogen-bond acceptors (Lipinski definition) is 4. The number of fused-ring (bicyclic) bond motifs is 2. The molecule has 1 heterocycles. The molecule has 2 aliphatic rings. The molecule has 1 aliphatic carbocycles. The largest absolute Gasteiger partial charge is 0.488 e. The molecule has 19 heavy (non-hydrogen) atoms. The van der Waals surface area contributed by atoms with Crippen LogP contribution in [0.15, 0.2) is 22.7 Å². The van der Waals surface area contributed by atoms with Crippen molar-refractivity contribution in [3.63, 3.8) is 0 Å². The van der Waals surface area contributed by atoms with Gasteiger partial charge in [0.2, 0.25) is 0 Å². The summed E-state index contributed by atoms with van der Waals surface area (Å²) < 4.78 is 6.49. The maximum atomic E-state index is 12.6. The highest BCUT2D eigenvalue weighted by Crippen LogP contribution is 2.45. The Morgan fingerprint density at radius 3 is 2.89 bits per heavy atom. The van der Waals surface area contributed by atoms with Gasteiger partial charge in [-0.05, 0) is 24.6 Å². The third-order valence-electron chi connectivity index (χ3n) is 3.89. The number of carbonyl (C=O) groups is 3. The van der Waals surface area contributed by atoms with Crippen molar-refractivity contribution in [2.75, 3.05) is 0 Å². The Labute approximate surface area is 118 Å². The molecule has 1 fully saturated rings. The first-order valence-corrected chi connectivity index (χ1v) is 6.85. The van der Waals surface area contributed by atoms with Gasteiger partial charge in [0.15, 0.2) is 5.78 Å². The Morgan fingerprint density at radius 2 is 2.16 bits per heavy atom. The lowest BCUT2D eigenvalue weighted by molar-refractivity contribution is -0.131. The van der Waals surface area contributed by atoms with E-state index in [-0.39, 0.29) is 30.8 Å². The first kappa shape index (κ1) is 12.5. The van der Waals surface area contributed by atoms with Crippen LogP contribution in [0.4, 0.5) is 0 Å². The standard InChI is InChI=1S/C14H11BrO4/c15-8-1-2-11-10(5-8)13(18)14(7-16)4-3-9(17)6-12(14)19-11/h1-2,5,7,12H,3-4,6H2/t12?,14-/m0/s1. The molecule has 0 amide bonds. The van der Waals surface area contributed by atoms with Crippen LogP contribution in [0.2, 0.25) is 0 Å². The van der Waals surface area contributed by atoms with Gasteiger partial charge in [-0.3, -0.25) is 9.59 Å². The second-order valence-corrected chi connectivity index (χ2v) is 5.89. The van der Waals surface area contributed by atoms with E-state index in [1.54, 1.807) is 18.2 Å². The summed E-state index contributed by atoms with van der Waals surface area (Å²) in [4.78, 5) is 35.7. The Kier molecular flexibility index (Phi) is 2.82. The van der Waals surface area contributed by atoms with Gasteiger partial charge in [0.05, 0.1) is 5.56 Å². The van der Waals surface area contributed by atoms with Crippen molar-refractivity contribution in [2.24, 2.45) is 5.41 Å². The summed E-state index contributed by atoms with van der Waals surface area (Å²) in [6, 6.07) is 5.12. The SMILES string of the molecule is O=C[C@@]12CCC(=O)CC1Oc1ccc(Br)cc1C2=O. The molecule has 0 N–H and O–H groups in total. The molecule has 1 aromatic rings. The summed E-state index contributed by atoms with van der Waals surface area (Å²) >= 11 is 3.30. The van der Waals surface area contributed by atoms with E-state index in [9.17, 15) is 14.4 Å². The molecule has 0 radical (unpaired) electrons. The van der Waals surface area contributed by atoms with E-state index in [0.29, 0.717) is 17.6 Å². The van der Waals surface area contributed by atoms with E-state index < -0.39 is 11.5 Å². The van der Waals surface area contributed by atoms with Gasteiger partial charge in [0.1, 0.15) is 29.3 Å². The zero-order valence-corrected chi connectivity index (χ0v) is 11.6. The first-order valence-electron chi connectivity index (χ1n) is 6.06. The summed E-state index contributed by atoms with van der Waals surface area (Å²) in [5.74, 6) is 0.253. The van der Waals surface area contributed by atoms with Crippen molar-refractivity contribution >= 4 is 33.8 Å². The molecule has 0 bridgehead atoms. The monoisotopic (exact) mass is 322 g/mol. The Hall–Kier alpha value is -1.49. The molecule has 1 aromatic carbocycles. The number of rotatable bonds is 1. The normalized spacial score (nSPS) is 29.2. The van der Waals surface area contributed by atoms with Gasteiger partial charge >= 0.3 is 0 Å². The fraction of sp³-hybridized carbons (Fsp3) is 0.357. The lowest BCUT2D eigenvalue weighted by Gasteiger charge is -2.41. The van der Waals surface area contributed by atoms with E-state index in [0.717, 1.165) is 4.47 Å². The fourth-order valence-corrected chi connectivity index (χ4v) is 3.14. The Balaban J connectivity index is 2.14. The van der Waals surface area contributed by atoms with Crippen LogP contribution >= 0.6 is 15.9 Å². The summed E-state index contributed by atoms with van der Waals surface area (Å²) in [5, 5.41) is 0. The predicted molar refractivity (Wildman–Crippen MR) is 70.2 cm³/mol. The maximum absolute atomic E-state index is 12.6. The first-order chi connectivity index (χ1) is 9.06. The van der Waals surface area contributed by atoms with Crippen molar-refractivity contribution in [2.45, 2.75) is 25.4 Å². The van der Waals surface area contributed by atoms with Crippen LogP contribution in [0.3, 0.4) is 0 Å². The van der Waals surface area contributed by atoms with Crippen LogP contribution in [0.5, 0.6) is 5.75 Å². The number of ketones is 2. The molecule has 3 rings (SSSR count). The van der Waals surface area contributed by atoms with Gasteiger partial charge in [-0.15, -0.1) is 0 Å². The minimum atomic E-state index is -1.19. The molecular formula is C14H11BrO4. The second-order valence-electron chi connectivity index (χ2n) is 4.98. The topological polar surface area (TPSA) is 60.4 Å². The van der Waals surface area contributed by atoms with Crippen molar-refractivity contribution in [3.8, 4) is 5.75 Å². The van der Waals surface area contributed by atoms with E-state index in [1.165, 1.54) is 0 Å². The molecule has 1 unspecified atom stereocenters. The van der Waals surface area contributed by atoms with Crippen LogP contribution in [0.1, 0.15) is 29.6 Å². The van der Waals surface area contributed by atoms with Crippen molar-refractivity contribution in [1.82, 2.24) is 0 Å². The molecular weight excluding hydrogens is 312 g/mol. The van der Waals surface area contributed by atoms with Crippen LogP contribution < -0.4 is 4.74 Å². The lowest BCUT2D eigenvalue weighted by Crippen LogP contribution is -2.53. The van der Waals surface area contributed by atoms with E-state index in [2.05, 4.69) is 15.9 Å². The van der Waals surface area contributed by atoms with Gasteiger partial charge in [-0.2, -0.15) is 0 Å². The fourth-order valence-electron chi connectivity index (χ4n) is 2.78. The van der Waals surface area contributed by atoms with Crippen LogP contribution in [0.25, 0.3) is 0 Å². The van der Waals surface area contributed by atoms with Crippen LogP contribution in [-0.4, -0.2) is 24.0 Å². The van der Waals surface area contributed by atoms with Crippen molar-refractivity contribution < 1.29 is 19.1 Å². The molecule has 0 saturated heterocycles. The maximum Gasteiger partial charge on any atom is 0.183 e. The van der Waals surface area contributed by atoms with E-state index >= 15 is 0 Å². The molecule has 1 saturated carbocycles. The molecule has 1 aliphatic heterocycles. The van der Waals surface area contributed by atoms with Crippen molar-refractivity contribution in [1.29, 1.82) is 0 Å². The highest BCUT2D eigenvalue weighted by Gasteiger charge is 2.54. The molecule has 5 heteroatoms. The average Bonchev–Trinajstić information content (AvgIpc) is 2.40. The Bertz CT molecular complexity index is 595. The number of Topliss-reactive ketones (excluding diaryl/α,β-unsaturated/α-hetero) is 2. The molecule has 2 atom stereocenters. The number of carbonyl (C=O) groups excluding carboxylic acids is 3. The second kappa shape index (κ2) is 4.27. The van der Waals surface area contributed by atoms with E-state index in [4.69, 9.17) is 4.74 Å². The summed E-state index contributed by atoms with van der Waals surface area (Å²) in [5.41, 5.74) is -0.783. The highest BCUT2D eigenvalue weighted by atomic mass is 79.9. The van der Waals surface area contributed by atoms with Gasteiger partial charge in [0, 0.05) is 17.3 Å². The third-order valence-corrected chi connectivity index (χ3v) is 4.39. The zero-order chi connectivity index (χ0) is 13.6. The van der Waals surface area contributed by atoms with Gasteiger partial charge in [0.25, 0.3) is 0 Å². The highest BCUT2D eigenvalue weighted by molar-refractivity contribution is 9.10. The van der Waals surface area contributed by atoms with Gasteiger partial charge < -0.3 is 9.53 Å². The third kappa shape index (κ3) is 1.75. The number of ether oxygens (including phenoxy) is 1. The van der Waals surface area contributed by atoms with Crippen molar-refractivity contribution in [3.05, 3.63) is 28.2 Å².